The number of ketones is 2. The highest BCUT2D eigenvalue weighted by Gasteiger charge is 1.92. The Kier molecular flexibility index (Phi) is 5.24. The quantitative estimate of drug-likeness (QED) is 0.493. The molecule has 14 heavy (non-hydrogen) atoms. The minimum atomic E-state index is 0.00608. The highest BCUT2D eigenvalue weighted by Crippen LogP contribution is 1.93. The van der Waals surface area contributed by atoms with Gasteiger partial charge >= 0.3 is 0 Å². The number of carbonyl (C=O) groups excluding carboxylic acids is 2. The zero-order chi connectivity index (χ0) is 11.1. The summed E-state index contributed by atoms with van der Waals surface area (Å²) in [5.74, 6) is 5.39. The summed E-state index contributed by atoms with van der Waals surface area (Å²) >= 11 is 0. The van der Waals surface area contributed by atoms with Crippen LogP contribution in [0.4, 0.5) is 0 Å². The number of Topliss-reactive ketones (excluding diaryl/α,β-unsaturated/α-hetero) is 2. The first-order chi connectivity index (χ1) is 6.45. The highest BCUT2D eigenvalue weighted by atomic mass is 16.1. The summed E-state index contributed by atoms with van der Waals surface area (Å²) in [7, 11) is 0. The second-order valence-corrected chi connectivity index (χ2v) is 3.06. The fourth-order valence-electron chi connectivity index (χ4n) is 0.503. The van der Waals surface area contributed by atoms with Crippen LogP contribution in [0.5, 0.6) is 0 Å². The van der Waals surface area contributed by atoms with Gasteiger partial charge in [-0.15, -0.1) is 0 Å². The molecule has 0 N–H and O–H groups in total. The van der Waals surface area contributed by atoms with Gasteiger partial charge in [0.1, 0.15) is 0 Å². The van der Waals surface area contributed by atoms with Crippen molar-refractivity contribution in [2.45, 2.75) is 27.7 Å². The van der Waals surface area contributed by atoms with E-state index in [1.165, 1.54) is 13.8 Å². The van der Waals surface area contributed by atoms with Crippen molar-refractivity contribution in [3.63, 3.8) is 0 Å². The van der Waals surface area contributed by atoms with Gasteiger partial charge in [0, 0.05) is 11.1 Å². The van der Waals surface area contributed by atoms with Crippen LogP contribution in [0.15, 0.2) is 23.3 Å². The lowest BCUT2D eigenvalue weighted by atomic mass is 10.2. The van der Waals surface area contributed by atoms with E-state index in [4.69, 9.17) is 0 Å². The lowest BCUT2D eigenvalue weighted by molar-refractivity contribution is -0.114. The van der Waals surface area contributed by atoms with Gasteiger partial charge in [-0.1, -0.05) is 11.8 Å². The topological polar surface area (TPSA) is 34.1 Å². The van der Waals surface area contributed by atoms with Gasteiger partial charge in [0.2, 0.25) is 0 Å². The number of hydrogen-bond acceptors (Lipinski definition) is 2. The molecule has 0 aliphatic heterocycles. The van der Waals surface area contributed by atoms with Crippen LogP contribution in [0, 0.1) is 11.8 Å². The van der Waals surface area contributed by atoms with Gasteiger partial charge in [-0.05, 0) is 39.8 Å². The minimum Gasteiger partial charge on any atom is -0.295 e. The first-order valence-electron chi connectivity index (χ1n) is 4.31. The Hall–Kier alpha value is -1.62. The maximum absolute atomic E-state index is 10.8. The molecule has 74 valence electrons. The van der Waals surface area contributed by atoms with Crippen LogP contribution >= 0.6 is 0 Å². The molecule has 0 rings (SSSR count). The molecule has 0 saturated heterocycles. The average molecular weight is 190 g/mol. The minimum absolute atomic E-state index is 0.00608. The van der Waals surface area contributed by atoms with E-state index >= 15 is 0 Å². The number of allylic oxidation sites excluding steroid dienone is 4. The van der Waals surface area contributed by atoms with Crippen molar-refractivity contribution in [2.75, 3.05) is 0 Å². The smallest absolute Gasteiger partial charge is 0.156 e. The Morgan fingerprint density at radius 2 is 1.07 bits per heavy atom. The molecule has 0 bridgehead atoms. The summed E-state index contributed by atoms with van der Waals surface area (Å²) in [5, 5.41) is 0. The summed E-state index contributed by atoms with van der Waals surface area (Å²) in [5.41, 5.74) is 1.23. The Labute approximate surface area is 84.7 Å². The van der Waals surface area contributed by atoms with E-state index in [9.17, 15) is 9.59 Å². The fourth-order valence-corrected chi connectivity index (χ4v) is 0.503. The van der Waals surface area contributed by atoms with Crippen molar-refractivity contribution in [1.82, 2.24) is 0 Å². The second kappa shape index (κ2) is 5.93. The number of rotatable bonds is 2. The van der Waals surface area contributed by atoms with E-state index in [0.29, 0.717) is 11.1 Å². The molecule has 0 aliphatic rings. The third-order valence-electron chi connectivity index (χ3n) is 1.77. The van der Waals surface area contributed by atoms with E-state index in [0.717, 1.165) is 0 Å². The summed E-state index contributed by atoms with van der Waals surface area (Å²) in [6, 6.07) is 0. The molecule has 0 aliphatic carbocycles. The van der Waals surface area contributed by atoms with E-state index in [2.05, 4.69) is 11.8 Å². The molecule has 0 atom stereocenters. The number of hydrogen-bond donors (Lipinski definition) is 0. The summed E-state index contributed by atoms with van der Waals surface area (Å²) in [6.07, 6.45) is 3.10. The first kappa shape index (κ1) is 12.4. The fraction of sp³-hybridized carbons (Fsp3) is 0.333. The summed E-state index contributed by atoms with van der Waals surface area (Å²) < 4.78 is 0. The van der Waals surface area contributed by atoms with Crippen molar-refractivity contribution in [2.24, 2.45) is 0 Å². The van der Waals surface area contributed by atoms with Crippen molar-refractivity contribution >= 4 is 11.6 Å². The average Bonchev–Trinajstić information content (AvgIpc) is 2.11. The van der Waals surface area contributed by atoms with Crippen LogP contribution in [0.25, 0.3) is 0 Å². The lowest BCUT2D eigenvalue weighted by Gasteiger charge is -1.87. The van der Waals surface area contributed by atoms with E-state index < -0.39 is 0 Å². The molecule has 2 heteroatoms. The molecule has 0 radical (unpaired) electrons. The van der Waals surface area contributed by atoms with Gasteiger partial charge in [0.05, 0.1) is 0 Å². The monoisotopic (exact) mass is 190 g/mol. The third-order valence-corrected chi connectivity index (χ3v) is 1.77. The molecule has 0 heterocycles. The first-order valence-corrected chi connectivity index (χ1v) is 4.31. The number of carbonyl (C=O) groups is 2. The Morgan fingerprint density at radius 1 is 0.786 bits per heavy atom. The molecular formula is C12H14O2. The van der Waals surface area contributed by atoms with Crippen molar-refractivity contribution < 1.29 is 9.59 Å². The van der Waals surface area contributed by atoms with Crippen LogP contribution in [0.2, 0.25) is 0 Å². The summed E-state index contributed by atoms with van der Waals surface area (Å²) in [4.78, 5) is 21.5. The third kappa shape index (κ3) is 5.10. The van der Waals surface area contributed by atoms with Gasteiger partial charge in [-0.25, -0.2) is 0 Å². The highest BCUT2D eigenvalue weighted by molar-refractivity contribution is 5.93. The van der Waals surface area contributed by atoms with E-state index in [1.54, 1.807) is 26.0 Å². The van der Waals surface area contributed by atoms with Gasteiger partial charge in [0.25, 0.3) is 0 Å². The lowest BCUT2D eigenvalue weighted by Crippen LogP contribution is -1.90. The molecule has 0 amide bonds. The van der Waals surface area contributed by atoms with Crippen LogP contribution < -0.4 is 0 Å². The van der Waals surface area contributed by atoms with Crippen LogP contribution in [-0.4, -0.2) is 11.6 Å². The predicted molar refractivity (Wildman–Crippen MR) is 56.7 cm³/mol. The van der Waals surface area contributed by atoms with Crippen molar-refractivity contribution in [3.8, 4) is 11.8 Å². The largest absolute Gasteiger partial charge is 0.295 e. The molecule has 0 aromatic heterocycles. The molecule has 2 nitrogen and oxygen atoms in total. The van der Waals surface area contributed by atoms with Gasteiger partial charge in [-0.3, -0.25) is 9.59 Å². The maximum atomic E-state index is 10.8. The van der Waals surface area contributed by atoms with Crippen molar-refractivity contribution in [3.05, 3.63) is 23.3 Å². The molecular weight excluding hydrogens is 176 g/mol. The molecule has 0 aromatic carbocycles. The zero-order valence-electron chi connectivity index (χ0n) is 8.97. The van der Waals surface area contributed by atoms with Crippen LogP contribution in [-0.2, 0) is 9.59 Å². The molecule has 0 spiro atoms. The van der Waals surface area contributed by atoms with Crippen LogP contribution in [0.1, 0.15) is 27.7 Å². The summed E-state index contributed by atoms with van der Waals surface area (Å²) in [6.45, 7) is 6.39. The molecule has 0 unspecified atom stereocenters. The van der Waals surface area contributed by atoms with E-state index in [-0.39, 0.29) is 11.6 Å². The Bertz CT molecular complexity index is 326. The van der Waals surface area contributed by atoms with Gasteiger partial charge in [0.15, 0.2) is 11.6 Å². The Morgan fingerprint density at radius 3 is 1.29 bits per heavy atom. The standard InChI is InChI=1S/C12H14O2/c1-9(11(3)13)7-5-6-8-10(2)12(4)14/h7-8H,1-4H3/b9-7+,10-8+. The van der Waals surface area contributed by atoms with Crippen LogP contribution in [0.3, 0.4) is 0 Å². The normalized spacial score (nSPS) is 11.7. The van der Waals surface area contributed by atoms with Crippen molar-refractivity contribution in [1.29, 1.82) is 0 Å². The SMILES string of the molecule is CC(=O)/C(C)=C/C#C/C=C(\C)C(C)=O. The van der Waals surface area contributed by atoms with Gasteiger partial charge < -0.3 is 0 Å². The predicted octanol–water partition coefficient (Wildman–Crippen LogP) is 2.06. The Balaban J connectivity index is 4.49. The second-order valence-electron chi connectivity index (χ2n) is 3.06. The molecule has 0 saturated carbocycles. The van der Waals surface area contributed by atoms with Gasteiger partial charge in [-0.2, -0.15) is 0 Å². The van der Waals surface area contributed by atoms with E-state index in [1.807, 2.05) is 0 Å². The molecule has 0 aromatic rings. The molecule has 0 fully saturated rings. The maximum Gasteiger partial charge on any atom is 0.156 e. The zero-order valence-corrected chi connectivity index (χ0v) is 8.97.